The lowest BCUT2D eigenvalue weighted by atomic mass is 10.1. The summed E-state index contributed by atoms with van der Waals surface area (Å²) in [6.45, 7) is 10.4. The number of aliphatic hydroxyl groups excluding tert-OH is 10. The summed E-state index contributed by atoms with van der Waals surface area (Å²) in [7, 11) is 3.00. The molecule has 15 N–H and O–H groups in total. The largest absolute Gasteiger partial charge is 0.490 e. The average Bonchev–Trinajstić information content (AvgIpc) is 1.19. The molecule has 0 saturated carbocycles. The van der Waals surface area contributed by atoms with Gasteiger partial charge >= 0.3 is 58.8 Å². The van der Waals surface area contributed by atoms with Crippen LogP contribution in [-0.2, 0) is 68.3 Å². The van der Waals surface area contributed by atoms with Gasteiger partial charge in [-0.05, 0) is 104 Å². The number of methoxy groups -OCH3 is 3. The first-order valence-electron chi connectivity index (χ1n) is 33.7. The van der Waals surface area contributed by atoms with Crippen molar-refractivity contribution in [1.29, 1.82) is 0 Å². The maximum Gasteiger partial charge on any atom is 0.490 e. The van der Waals surface area contributed by atoms with Crippen LogP contribution < -0.4 is 45.0 Å². The van der Waals surface area contributed by atoms with Crippen molar-refractivity contribution >= 4 is 82.6 Å². The van der Waals surface area contributed by atoms with Gasteiger partial charge in [0, 0.05) is 30.4 Å². The third-order valence-electron chi connectivity index (χ3n) is 17.5. The SMILES string of the molecule is C=P(C)(C)CC[C@H]1O[C@@H](n2cc(C(O)C(=O)O)c(=O)[nH]c2=O)[C@H](O)[C@@H]1O.C=P(C)(C)CC[C@H]1O[C@@H](n2cc(C(O)C(=O)OC)c(=O)[nH]c2=O)[C@H](O)[C@@H]1O.C=P(C)(C)CC[C@H]1O[C@@H](n2cc(C(OC(=O)C(F)(F)F)C(=O)OC)c(=O)[nH]c2=O)[C@H](O)[C@@H]1O.C=P(C)(C)CC[C@H]1O[C@@H](n2cc(CC(=O)OC)c(=O)[nH]c2=O)[C@H](O)[C@@H]1O. The van der Waals surface area contributed by atoms with Gasteiger partial charge in [-0.2, -0.15) is 13.2 Å². The standard InChI is InChI=1S/C18H24F3N2O9P.C16H25N2O8P.C16H25N2O7P.C15H23N2O8P/c1-30-15(27)12(32-16(28)18(19,20)21)8-7-23(17(29)22-13(8)26)14-11(25)10(24)9(31-14)5-6-33(2,3)4;1-25-15(23)10(19)8-7-18(16(24)17-13(8)22)14-12(21)11(20)9(26-14)5-6-27(2,3)4;1-24-11(19)7-9-8-18(16(23)17-14(9)22)15-13(21)12(20)10(25-15)5-6-26(2,3)4;1-26(2,3)5-4-8-10(19)11(20)13(25-8)17-6-7(9(18)14(22)23)12(21)16-15(17)24/h7,9-12,14,24-25H,2,5-6H2,1,3-4H3,(H,22,26,29);7,9-12,14,19-21H,2,5-6H2,1,3-4H3,(H,17,22,24);8,10,12-13,15,20-21H,2,5-7H2,1,3-4H3,(H,17,22,23);6,8-11,13,18-20H,1,4-5H2,2-3H3,(H,22,23)(H,16,21,24)/t9-,10-,11-,12?,14-;9-,10?,11-,12-,14-;10-,12-,13-,15-;8-,9?,10-,11-,13-/m1111/s1. The number of aromatic nitrogens is 8. The molecule has 630 valence electrons. The molecule has 0 bridgehead atoms. The van der Waals surface area contributed by atoms with Gasteiger partial charge in [0.15, 0.2) is 37.1 Å². The summed E-state index contributed by atoms with van der Waals surface area (Å²) in [4.78, 5) is 161. The van der Waals surface area contributed by atoms with Gasteiger partial charge in [0.25, 0.3) is 22.2 Å². The number of carboxylic acid groups (broad SMARTS) is 1. The second-order valence-electron chi connectivity index (χ2n) is 29.3. The van der Waals surface area contributed by atoms with Gasteiger partial charge in [0.2, 0.25) is 6.10 Å². The summed E-state index contributed by atoms with van der Waals surface area (Å²) in [5.41, 5.74) is -9.84. The van der Waals surface area contributed by atoms with E-state index in [9.17, 15) is 127 Å². The second-order valence-corrected chi connectivity index (χ2v) is 46.6. The van der Waals surface area contributed by atoms with Crippen molar-refractivity contribution in [2.75, 3.05) is 99.3 Å². The first kappa shape index (κ1) is 95.1. The van der Waals surface area contributed by atoms with Gasteiger partial charge in [-0.1, -0.05) is 0 Å². The number of nitrogens with one attached hydrogen (secondary N) is 4. The number of hydrogen-bond donors (Lipinski definition) is 15. The number of carbonyl (C=O) groups is 5. The average molecular weight is 1680 g/mol. The summed E-state index contributed by atoms with van der Waals surface area (Å²) in [5, 5.41) is 111. The van der Waals surface area contributed by atoms with E-state index < -0.39 is 242 Å². The quantitative estimate of drug-likeness (QED) is 0.0169. The maximum atomic E-state index is 12.6. The van der Waals surface area contributed by atoms with Gasteiger partial charge < -0.3 is 94.1 Å². The molecule has 4 aliphatic heterocycles. The van der Waals surface area contributed by atoms with Crippen molar-refractivity contribution < 1.29 is 131 Å². The monoisotopic (exact) mass is 1680 g/mol. The van der Waals surface area contributed by atoms with Crippen LogP contribution in [0.3, 0.4) is 0 Å². The Bertz CT molecular complexity index is 4760. The number of esters is 4. The zero-order valence-corrected chi connectivity index (χ0v) is 66.3. The molecule has 4 aromatic rings. The van der Waals surface area contributed by atoms with Crippen molar-refractivity contribution in [3.8, 4) is 0 Å². The number of halogens is 3. The number of alkyl halides is 3. The Labute approximate surface area is 634 Å². The molecule has 8 heterocycles. The Kier molecular flexibility index (Phi) is 32.9. The van der Waals surface area contributed by atoms with Crippen LogP contribution in [0.1, 0.15) is 91.2 Å². The van der Waals surface area contributed by atoms with Gasteiger partial charge in [-0.25, -0.2) is 38.4 Å². The van der Waals surface area contributed by atoms with E-state index in [0.29, 0.717) is 48.5 Å². The van der Waals surface area contributed by atoms with Crippen molar-refractivity contribution in [3.05, 3.63) is 130 Å². The maximum absolute atomic E-state index is 12.6. The van der Waals surface area contributed by atoms with Crippen LogP contribution in [0, 0.1) is 0 Å². The van der Waals surface area contributed by atoms with Crippen LogP contribution in [0.25, 0.3) is 0 Å². The van der Waals surface area contributed by atoms with Crippen molar-refractivity contribution in [3.63, 3.8) is 0 Å². The Morgan fingerprint density at radius 1 is 0.446 bits per heavy atom. The second kappa shape index (κ2) is 38.8. The molecule has 47 heteroatoms. The molecule has 0 aliphatic carbocycles. The lowest BCUT2D eigenvalue weighted by Crippen LogP contribution is -2.41. The smallest absolute Gasteiger partial charge is 0.479 e. The Morgan fingerprint density at radius 3 is 1.00 bits per heavy atom. The molecular weight excluding hydrogens is 1590 g/mol. The van der Waals surface area contributed by atoms with Crippen molar-refractivity contribution in [1.82, 2.24) is 38.2 Å². The van der Waals surface area contributed by atoms with E-state index in [0.717, 1.165) is 52.7 Å². The third-order valence-corrected chi connectivity index (χ3v) is 23.4. The number of hydrogen-bond acceptors (Lipinski definition) is 31. The topological polar surface area (TPSA) is 601 Å². The number of nitrogens with zero attached hydrogens (tertiary/aromatic N) is 4. The Morgan fingerprint density at radius 2 is 0.723 bits per heavy atom. The summed E-state index contributed by atoms with van der Waals surface area (Å²) in [6.07, 6.45) is -7.63. The van der Waals surface area contributed by atoms with Gasteiger partial charge in [-0.3, -0.25) is 62.2 Å². The van der Waals surface area contributed by atoms with E-state index in [2.05, 4.69) is 49.1 Å². The lowest BCUT2D eigenvalue weighted by molar-refractivity contribution is -0.208. The van der Waals surface area contributed by atoms with Gasteiger partial charge in [0.05, 0.1) is 68.9 Å². The number of H-pyrrole nitrogens is 4. The zero-order chi connectivity index (χ0) is 85.3. The third kappa shape index (κ3) is 25.3. The molecule has 4 aromatic heterocycles. The molecule has 8 rings (SSSR count). The molecule has 4 aliphatic rings. The summed E-state index contributed by atoms with van der Waals surface area (Å²) >= 11 is 0. The number of carboxylic acids is 1. The van der Waals surface area contributed by atoms with Crippen LogP contribution in [0.15, 0.2) is 63.1 Å². The number of aromatic amines is 4. The summed E-state index contributed by atoms with van der Waals surface area (Å²) < 4.78 is 80.8. The molecule has 0 aromatic carbocycles. The molecule has 19 atom stereocenters. The lowest BCUT2D eigenvalue weighted by Gasteiger charge is -2.21. The molecule has 0 radical (unpaired) electrons. The Balaban J connectivity index is 0.000000268. The minimum Gasteiger partial charge on any atom is -0.479 e. The highest BCUT2D eigenvalue weighted by atomic mass is 31.2. The highest BCUT2D eigenvalue weighted by molar-refractivity contribution is 7.73. The molecule has 112 heavy (non-hydrogen) atoms. The summed E-state index contributed by atoms with van der Waals surface area (Å²) in [5.74, 6) is -7.71. The van der Waals surface area contributed by atoms with E-state index >= 15 is 0 Å². The normalized spacial score (nSPS) is 26.0. The number of rotatable bonds is 25. The van der Waals surface area contributed by atoms with E-state index in [-0.39, 0.29) is 18.4 Å². The molecule has 4 saturated heterocycles. The van der Waals surface area contributed by atoms with Crippen LogP contribution in [0.2, 0.25) is 0 Å². The van der Waals surface area contributed by atoms with Gasteiger partial charge in [0.1, 0.15) is 48.8 Å². The zero-order valence-electron chi connectivity index (χ0n) is 62.7. The van der Waals surface area contributed by atoms with Crippen molar-refractivity contribution in [2.45, 2.75) is 155 Å². The minimum atomic E-state index is -5.49. The molecule has 0 spiro atoms. The number of aliphatic hydroxyl groups is 10. The molecule has 4 fully saturated rings. The van der Waals surface area contributed by atoms with Crippen LogP contribution >= 0.6 is 27.5 Å². The van der Waals surface area contributed by atoms with E-state index in [1.165, 1.54) is 7.11 Å². The summed E-state index contributed by atoms with van der Waals surface area (Å²) in [6, 6.07) is 0. The highest BCUT2D eigenvalue weighted by Crippen LogP contribution is 2.43. The fourth-order valence-electron chi connectivity index (χ4n) is 11.3. The highest BCUT2D eigenvalue weighted by Gasteiger charge is 2.50. The van der Waals surface area contributed by atoms with Crippen LogP contribution in [0.4, 0.5) is 13.2 Å². The molecular formula is C65H97F3N8O32P4. The predicted octanol–water partition coefficient (Wildman–Crippen LogP) is -4.62. The molecule has 40 nitrogen and oxygen atoms in total. The van der Waals surface area contributed by atoms with E-state index in [1.54, 1.807) is 4.98 Å². The molecule has 3 unspecified atom stereocenters. The molecule has 0 amide bonds. The van der Waals surface area contributed by atoms with Crippen LogP contribution in [-0.4, -0.2) is 328 Å². The fraction of sp³-hybridized carbons (Fsp3) is 0.615. The number of carbonyl (C=O) groups excluding carboxylic acids is 4. The van der Waals surface area contributed by atoms with Crippen LogP contribution in [0.5, 0.6) is 0 Å². The number of aliphatic carboxylic acids is 1. The number of ether oxygens (including phenoxy) is 8. The van der Waals surface area contributed by atoms with Crippen molar-refractivity contribution in [2.24, 2.45) is 0 Å². The first-order chi connectivity index (χ1) is 51.5. The van der Waals surface area contributed by atoms with E-state index in [1.807, 2.05) is 63.3 Å². The predicted molar refractivity (Wildman–Crippen MR) is 403 cm³/mol. The Hall–Kier alpha value is -7.50. The fourth-order valence-corrected chi connectivity index (χ4v) is 15.1. The first-order valence-corrected chi connectivity index (χ1v) is 45.9. The minimum absolute atomic E-state index is 0.00462. The van der Waals surface area contributed by atoms with Gasteiger partial charge in [-0.15, -0.1) is 52.7 Å². The van der Waals surface area contributed by atoms with E-state index in [4.69, 9.17) is 24.1 Å².